The number of anilines is 1. The molecule has 0 N–H and O–H groups in total. The maximum atomic E-state index is 14.0. The molecule has 3 unspecified atom stereocenters. The van der Waals surface area contributed by atoms with E-state index in [2.05, 4.69) is 28.1 Å². The van der Waals surface area contributed by atoms with Gasteiger partial charge in [-0.15, -0.1) is 0 Å². The fourth-order valence-electron chi connectivity index (χ4n) is 5.08. The lowest BCUT2D eigenvalue weighted by molar-refractivity contribution is 0.0951. The lowest BCUT2D eigenvalue weighted by Crippen LogP contribution is -2.44. The van der Waals surface area contributed by atoms with Crippen molar-refractivity contribution in [2.75, 3.05) is 4.90 Å². The number of fused-ring (bicyclic) bond motifs is 3. The number of carbonyl (C=O) groups is 1. The van der Waals surface area contributed by atoms with Crippen molar-refractivity contribution in [2.45, 2.75) is 18.0 Å². The van der Waals surface area contributed by atoms with E-state index in [-0.39, 0.29) is 5.78 Å². The minimum absolute atomic E-state index is 0.0990. The Kier molecular flexibility index (Phi) is 4.93. The van der Waals surface area contributed by atoms with Crippen LogP contribution in [0.5, 0.6) is 0 Å². The van der Waals surface area contributed by atoms with Crippen LogP contribution in [0, 0.1) is 28.1 Å². The molecule has 2 aliphatic heterocycles. The molecule has 3 aromatic rings. The Balaban J connectivity index is 1.80. The van der Waals surface area contributed by atoms with Gasteiger partial charge in [0.1, 0.15) is 6.04 Å². The Morgan fingerprint density at radius 2 is 1.66 bits per heavy atom. The first-order valence-corrected chi connectivity index (χ1v) is 11.1. The molecule has 0 bridgehead atoms. The summed E-state index contributed by atoms with van der Waals surface area (Å²) in [5.41, 5.74) is 1.75. The maximum absolute atomic E-state index is 14.0. The Bertz CT molecular complexity index is 1300. The molecule has 3 atom stereocenters. The van der Waals surface area contributed by atoms with E-state index < -0.39 is 23.4 Å². The van der Waals surface area contributed by atoms with E-state index in [1.54, 1.807) is 12.1 Å². The first-order chi connectivity index (χ1) is 15.6. The number of Topliss-reactive ketones (excluding diaryl/α,β-unsaturated/α-hetero) is 1. The van der Waals surface area contributed by atoms with E-state index in [0.717, 1.165) is 21.3 Å². The standard InChI is InChI=1S/C27H18BrN3O/c28-21-11-6-10-20(15-21)24-25(26(32)19-8-2-1-3-9-19)31-22-12-5-4-7-18(22)13-14-23(31)27(24,16-29)17-30/h1-15,23-25H. The maximum Gasteiger partial charge on any atom is 0.185 e. The lowest BCUT2D eigenvalue weighted by atomic mass is 9.69. The molecule has 32 heavy (non-hydrogen) atoms. The average molecular weight is 480 g/mol. The second-order valence-electron chi connectivity index (χ2n) is 8.07. The van der Waals surface area contributed by atoms with Crippen LogP contribution in [0.2, 0.25) is 0 Å². The van der Waals surface area contributed by atoms with Crippen molar-refractivity contribution < 1.29 is 4.79 Å². The van der Waals surface area contributed by atoms with E-state index in [1.165, 1.54) is 0 Å². The Labute approximate surface area is 195 Å². The molecule has 0 amide bonds. The molecule has 5 heteroatoms. The molecule has 0 saturated carbocycles. The summed E-state index contributed by atoms with van der Waals surface area (Å²) in [5.74, 6) is -0.735. The SMILES string of the molecule is N#CC1(C#N)C(c2cccc(Br)c2)C(C(=O)c2ccccc2)N2c3ccccc3C=CC21. The van der Waals surface area contributed by atoms with Crippen LogP contribution in [0.3, 0.4) is 0 Å². The molecule has 4 nitrogen and oxygen atoms in total. The number of benzene rings is 3. The molecular formula is C27H18BrN3O. The Hall–Kier alpha value is -3.67. The highest BCUT2D eigenvalue weighted by Crippen LogP contribution is 2.55. The zero-order chi connectivity index (χ0) is 22.3. The van der Waals surface area contributed by atoms with Crippen molar-refractivity contribution in [3.05, 3.63) is 106 Å². The van der Waals surface area contributed by atoms with Crippen molar-refractivity contribution in [3.8, 4) is 12.1 Å². The van der Waals surface area contributed by atoms with Crippen molar-refractivity contribution >= 4 is 33.5 Å². The van der Waals surface area contributed by atoms with Gasteiger partial charge in [-0.05, 0) is 29.3 Å². The minimum Gasteiger partial charge on any atom is -0.351 e. The van der Waals surface area contributed by atoms with Gasteiger partial charge < -0.3 is 4.90 Å². The van der Waals surface area contributed by atoms with Crippen LogP contribution in [0.15, 0.2) is 89.4 Å². The molecule has 0 aromatic heterocycles. The molecular weight excluding hydrogens is 462 g/mol. The second-order valence-corrected chi connectivity index (χ2v) is 8.99. The van der Waals surface area contributed by atoms with Crippen molar-refractivity contribution in [2.24, 2.45) is 5.41 Å². The molecule has 1 saturated heterocycles. The van der Waals surface area contributed by atoms with Gasteiger partial charge in [-0.2, -0.15) is 10.5 Å². The van der Waals surface area contributed by atoms with E-state index in [4.69, 9.17) is 0 Å². The molecule has 2 heterocycles. The normalized spacial score (nSPS) is 22.3. The monoisotopic (exact) mass is 479 g/mol. The second kappa shape index (κ2) is 7.79. The first-order valence-electron chi connectivity index (χ1n) is 10.3. The van der Waals surface area contributed by atoms with Crippen LogP contribution >= 0.6 is 15.9 Å². The van der Waals surface area contributed by atoms with E-state index >= 15 is 0 Å². The zero-order valence-corrected chi connectivity index (χ0v) is 18.6. The fourth-order valence-corrected chi connectivity index (χ4v) is 5.50. The third kappa shape index (κ3) is 2.90. The number of hydrogen-bond donors (Lipinski definition) is 0. The van der Waals surface area contributed by atoms with Gasteiger partial charge in [0, 0.05) is 21.6 Å². The predicted molar refractivity (Wildman–Crippen MR) is 127 cm³/mol. The molecule has 0 spiro atoms. The molecule has 0 aliphatic carbocycles. The number of para-hydroxylation sites is 1. The number of halogens is 1. The van der Waals surface area contributed by atoms with Gasteiger partial charge in [-0.1, -0.05) is 88.7 Å². The average Bonchev–Trinajstić information content (AvgIpc) is 3.15. The van der Waals surface area contributed by atoms with Crippen molar-refractivity contribution in [1.29, 1.82) is 10.5 Å². The largest absolute Gasteiger partial charge is 0.351 e. The van der Waals surface area contributed by atoms with Gasteiger partial charge in [0.2, 0.25) is 0 Å². The number of hydrogen-bond acceptors (Lipinski definition) is 4. The van der Waals surface area contributed by atoms with Crippen molar-refractivity contribution in [1.82, 2.24) is 0 Å². The van der Waals surface area contributed by atoms with Crippen LogP contribution in [0.4, 0.5) is 5.69 Å². The van der Waals surface area contributed by atoms with E-state index in [0.29, 0.717) is 5.56 Å². The number of carbonyl (C=O) groups excluding carboxylic acids is 1. The summed E-state index contributed by atoms with van der Waals surface area (Å²) in [5, 5.41) is 20.8. The number of nitrogens with zero attached hydrogens (tertiary/aromatic N) is 3. The molecule has 2 aliphatic rings. The minimum atomic E-state index is -1.43. The van der Waals surface area contributed by atoms with Gasteiger partial charge in [0.25, 0.3) is 0 Å². The highest BCUT2D eigenvalue weighted by molar-refractivity contribution is 9.10. The van der Waals surface area contributed by atoms with Crippen LogP contribution in [-0.2, 0) is 0 Å². The molecule has 5 rings (SSSR count). The zero-order valence-electron chi connectivity index (χ0n) is 17.0. The lowest BCUT2D eigenvalue weighted by Gasteiger charge is -2.35. The molecule has 1 fully saturated rings. The first kappa shape index (κ1) is 20.2. The van der Waals surface area contributed by atoms with Gasteiger partial charge in [0.15, 0.2) is 11.2 Å². The van der Waals surface area contributed by atoms with Gasteiger partial charge in [-0.3, -0.25) is 4.79 Å². The predicted octanol–water partition coefficient (Wildman–Crippen LogP) is 5.73. The number of ketones is 1. The molecule has 0 radical (unpaired) electrons. The Morgan fingerprint density at radius 1 is 0.938 bits per heavy atom. The summed E-state index contributed by atoms with van der Waals surface area (Å²) in [6.45, 7) is 0. The van der Waals surface area contributed by atoms with Crippen molar-refractivity contribution in [3.63, 3.8) is 0 Å². The highest BCUT2D eigenvalue weighted by atomic mass is 79.9. The van der Waals surface area contributed by atoms with Crippen LogP contribution in [-0.4, -0.2) is 17.9 Å². The number of rotatable bonds is 3. The van der Waals surface area contributed by atoms with Gasteiger partial charge in [0.05, 0.1) is 18.2 Å². The number of nitriles is 2. The van der Waals surface area contributed by atoms with Gasteiger partial charge >= 0.3 is 0 Å². The summed E-state index contributed by atoms with van der Waals surface area (Å²) >= 11 is 3.52. The smallest absolute Gasteiger partial charge is 0.185 e. The van der Waals surface area contributed by atoms with Crippen LogP contribution < -0.4 is 4.90 Å². The topological polar surface area (TPSA) is 67.9 Å². The van der Waals surface area contributed by atoms with E-state index in [9.17, 15) is 15.3 Å². The highest BCUT2D eigenvalue weighted by Gasteiger charge is 2.63. The fraction of sp³-hybridized carbons (Fsp3) is 0.148. The third-order valence-electron chi connectivity index (χ3n) is 6.45. The Morgan fingerprint density at radius 3 is 2.38 bits per heavy atom. The molecule has 3 aromatic carbocycles. The third-order valence-corrected chi connectivity index (χ3v) is 6.94. The molecule has 154 valence electrons. The summed E-state index contributed by atoms with van der Waals surface area (Å²) in [4.78, 5) is 16.0. The van der Waals surface area contributed by atoms with Crippen LogP contribution in [0.25, 0.3) is 6.08 Å². The quantitative estimate of drug-likeness (QED) is 0.449. The summed E-state index contributed by atoms with van der Waals surface area (Å²) in [7, 11) is 0. The summed E-state index contributed by atoms with van der Waals surface area (Å²) in [6, 6.07) is 27.9. The summed E-state index contributed by atoms with van der Waals surface area (Å²) in [6.07, 6.45) is 3.85. The summed E-state index contributed by atoms with van der Waals surface area (Å²) < 4.78 is 0.839. The van der Waals surface area contributed by atoms with Gasteiger partial charge in [-0.25, -0.2) is 0 Å². The van der Waals surface area contributed by atoms with Crippen LogP contribution in [0.1, 0.15) is 27.4 Å². The van der Waals surface area contributed by atoms with E-state index in [1.807, 2.05) is 83.8 Å².